The molecule has 0 heterocycles. The maximum atomic E-state index is 13.0. The molecule has 0 amide bonds. The molecule has 0 aliphatic rings. The molecule has 0 unspecified atom stereocenters. The molecule has 0 aliphatic carbocycles. The number of benzene rings is 1. The van der Waals surface area contributed by atoms with Crippen molar-refractivity contribution in [1.29, 1.82) is 0 Å². The quantitative estimate of drug-likeness (QED) is 0.701. The monoisotopic (exact) mass is 202 g/mol. The number of ether oxygens (including phenoxy) is 2. The second kappa shape index (κ2) is 4.04. The van der Waals surface area contributed by atoms with Gasteiger partial charge in [-0.05, 0) is 0 Å². The lowest BCUT2D eigenvalue weighted by Gasteiger charge is -2.10. The first-order valence-corrected chi connectivity index (χ1v) is 3.70. The highest BCUT2D eigenvalue weighted by Crippen LogP contribution is 2.33. The van der Waals surface area contributed by atoms with E-state index in [1.807, 2.05) is 0 Å². The minimum atomic E-state index is -1.24. The second-order valence-electron chi connectivity index (χ2n) is 2.44. The van der Waals surface area contributed by atoms with Crippen LogP contribution in [0.15, 0.2) is 6.07 Å². The molecule has 1 rings (SSSR count). The van der Waals surface area contributed by atoms with E-state index < -0.39 is 17.2 Å². The third-order valence-corrected chi connectivity index (χ3v) is 1.71. The highest BCUT2D eigenvalue weighted by Gasteiger charge is 2.19. The summed E-state index contributed by atoms with van der Waals surface area (Å²) in [4.78, 5) is 10.5. The van der Waals surface area contributed by atoms with Crippen molar-refractivity contribution in [2.45, 2.75) is 0 Å². The fourth-order valence-electron chi connectivity index (χ4n) is 1.07. The summed E-state index contributed by atoms with van der Waals surface area (Å²) in [6.07, 6.45) is 0.180. The minimum absolute atomic E-state index is 0.0199. The summed E-state index contributed by atoms with van der Waals surface area (Å²) in [5.74, 6) is -2.52. The van der Waals surface area contributed by atoms with Crippen LogP contribution in [0.3, 0.4) is 0 Å². The van der Waals surface area contributed by atoms with Crippen LogP contribution in [0.1, 0.15) is 10.4 Å². The van der Waals surface area contributed by atoms with E-state index in [4.69, 9.17) is 9.47 Å². The number of halogens is 2. The Hall–Kier alpha value is -1.65. The zero-order valence-electron chi connectivity index (χ0n) is 7.64. The second-order valence-corrected chi connectivity index (χ2v) is 2.44. The number of carbonyl (C=O) groups excluding carboxylic acids is 1. The van der Waals surface area contributed by atoms with Gasteiger partial charge in [0, 0.05) is 6.07 Å². The maximum absolute atomic E-state index is 13.0. The fourth-order valence-corrected chi connectivity index (χ4v) is 1.07. The Balaban J connectivity index is 3.49. The number of hydrogen-bond acceptors (Lipinski definition) is 3. The third-order valence-electron chi connectivity index (χ3n) is 1.71. The SMILES string of the molecule is COc1cc(F)c(F)c(C=O)c1OC. The van der Waals surface area contributed by atoms with Crippen LogP contribution in [0, 0.1) is 11.6 Å². The molecule has 0 atom stereocenters. The van der Waals surface area contributed by atoms with E-state index in [1.165, 1.54) is 14.2 Å². The van der Waals surface area contributed by atoms with Crippen molar-refractivity contribution in [3.8, 4) is 11.5 Å². The largest absolute Gasteiger partial charge is 0.493 e. The summed E-state index contributed by atoms with van der Waals surface area (Å²) in [6, 6.07) is 0.821. The Bertz CT molecular complexity index is 364. The Labute approximate surface area is 79.2 Å². The summed E-state index contributed by atoms with van der Waals surface area (Å²) >= 11 is 0. The predicted octanol–water partition coefficient (Wildman–Crippen LogP) is 1.79. The standard InChI is InChI=1S/C9H8F2O3/c1-13-7-3-6(10)8(11)5(4-12)9(7)14-2/h3-4H,1-2H3. The molecule has 0 saturated heterocycles. The van der Waals surface area contributed by atoms with Crippen molar-refractivity contribution in [2.24, 2.45) is 0 Å². The van der Waals surface area contributed by atoms with E-state index in [0.29, 0.717) is 0 Å². The first-order chi connectivity index (χ1) is 6.65. The summed E-state index contributed by atoms with van der Waals surface area (Å²) in [5.41, 5.74) is -0.482. The van der Waals surface area contributed by atoms with Crippen LogP contribution in [0.2, 0.25) is 0 Å². The number of methoxy groups -OCH3 is 2. The Morgan fingerprint density at radius 2 is 1.93 bits per heavy atom. The predicted molar refractivity (Wildman–Crippen MR) is 44.8 cm³/mol. The van der Waals surface area contributed by atoms with Gasteiger partial charge in [-0.25, -0.2) is 8.78 Å². The number of aldehydes is 1. The molecule has 14 heavy (non-hydrogen) atoms. The molecule has 5 heteroatoms. The Morgan fingerprint density at radius 1 is 1.29 bits per heavy atom. The van der Waals surface area contributed by atoms with Gasteiger partial charge in [0.2, 0.25) is 0 Å². The van der Waals surface area contributed by atoms with Crippen LogP contribution in [-0.4, -0.2) is 20.5 Å². The van der Waals surface area contributed by atoms with Gasteiger partial charge in [0.05, 0.1) is 19.8 Å². The van der Waals surface area contributed by atoms with E-state index >= 15 is 0 Å². The van der Waals surface area contributed by atoms with Crippen LogP contribution in [0.25, 0.3) is 0 Å². The summed E-state index contributed by atoms with van der Waals surface area (Å²) in [5, 5.41) is 0. The molecular weight excluding hydrogens is 194 g/mol. The van der Waals surface area contributed by atoms with Gasteiger partial charge in [-0.2, -0.15) is 0 Å². The average molecular weight is 202 g/mol. The topological polar surface area (TPSA) is 35.5 Å². The first kappa shape index (κ1) is 10.4. The summed E-state index contributed by atoms with van der Waals surface area (Å²) in [6.45, 7) is 0. The van der Waals surface area contributed by atoms with Crippen LogP contribution < -0.4 is 9.47 Å². The Kier molecular flexibility index (Phi) is 3.01. The van der Waals surface area contributed by atoms with E-state index in [1.54, 1.807) is 0 Å². The summed E-state index contributed by atoms with van der Waals surface area (Å²) in [7, 11) is 2.51. The van der Waals surface area contributed by atoms with Crippen molar-refractivity contribution in [3.05, 3.63) is 23.3 Å². The normalized spacial score (nSPS) is 9.71. The van der Waals surface area contributed by atoms with Crippen LogP contribution in [0.4, 0.5) is 8.78 Å². The molecule has 0 fully saturated rings. The third kappa shape index (κ3) is 1.53. The average Bonchev–Trinajstić information content (AvgIpc) is 2.20. The molecule has 0 bridgehead atoms. The van der Waals surface area contributed by atoms with Crippen molar-refractivity contribution in [2.75, 3.05) is 14.2 Å². The van der Waals surface area contributed by atoms with Gasteiger partial charge in [0.25, 0.3) is 0 Å². The van der Waals surface area contributed by atoms with Crippen molar-refractivity contribution < 1.29 is 23.0 Å². The lowest BCUT2D eigenvalue weighted by molar-refractivity contribution is 0.111. The van der Waals surface area contributed by atoms with E-state index in [0.717, 1.165) is 6.07 Å². The van der Waals surface area contributed by atoms with Crippen LogP contribution in [0.5, 0.6) is 11.5 Å². The zero-order chi connectivity index (χ0) is 10.7. The minimum Gasteiger partial charge on any atom is -0.493 e. The Morgan fingerprint density at radius 3 is 2.36 bits per heavy atom. The van der Waals surface area contributed by atoms with Gasteiger partial charge in [-0.15, -0.1) is 0 Å². The molecule has 0 aliphatic heterocycles. The molecule has 0 radical (unpaired) electrons. The first-order valence-electron chi connectivity index (χ1n) is 3.70. The smallest absolute Gasteiger partial charge is 0.174 e. The molecule has 0 saturated carbocycles. The summed E-state index contributed by atoms with van der Waals surface area (Å²) < 4.78 is 35.3. The van der Waals surface area contributed by atoms with Gasteiger partial charge in [-0.1, -0.05) is 0 Å². The van der Waals surface area contributed by atoms with Gasteiger partial charge in [-0.3, -0.25) is 4.79 Å². The molecule has 1 aromatic carbocycles. The highest BCUT2D eigenvalue weighted by molar-refractivity contribution is 5.81. The molecule has 0 aromatic heterocycles. The van der Waals surface area contributed by atoms with Gasteiger partial charge in [0.1, 0.15) is 0 Å². The van der Waals surface area contributed by atoms with Crippen LogP contribution >= 0.6 is 0 Å². The van der Waals surface area contributed by atoms with Crippen molar-refractivity contribution >= 4 is 6.29 Å². The fraction of sp³-hybridized carbons (Fsp3) is 0.222. The molecule has 0 N–H and O–H groups in total. The number of hydrogen-bond donors (Lipinski definition) is 0. The van der Waals surface area contributed by atoms with E-state index in [-0.39, 0.29) is 17.8 Å². The van der Waals surface area contributed by atoms with Crippen molar-refractivity contribution in [1.82, 2.24) is 0 Å². The van der Waals surface area contributed by atoms with Gasteiger partial charge in [0.15, 0.2) is 29.4 Å². The lowest BCUT2D eigenvalue weighted by atomic mass is 10.2. The number of rotatable bonds is 3. The molecule has 1 aromatic rings. The van der Waals surface area contributed by atoms with E-state index in [2.05, 4.69) is 0 Å². The van der Waals surface area contributed by atoms with E-state index in [9.17, 15) is 13.6 Å². The lowest BCUT2D eigenvalue weighted by Crippen LogP contribution is -2.01. The molecule has 0 spiro atoms. The maximum Gasteiger partial charge on any atom is 0.174 e. The molecule has 3 nitrogen and oxygen atoms in total. The van der Waals surface area contributed by atoms with Crippen LogP contribution in [-0.2, 0) is 0 Å². The van der Waals surface area contributed by atoms with Gasteiger partial charge < -0.3 is 9.47 Å². The zero-order valence-corrected chi connectivity index (χ0v) is 7.64. The molecular formula is C9H8F2O3. The van der Waals surface area contributed by atoms with Gasteiger partial charge >= 0.3 is 0 Å². The van der Waals surface area contributed by atoms with Crippen molar-refractivity contribution in [3.63, 3.8) is 0 Å². The molecule has 76 valence electrons. The highest BCUT2D eigenvalue weighted by atomic mass is 19.2. The number of carbonyl (C=O) groups is 1.